The minimum atomic E-state index is 0.0599. The van der Waals surface area contributed by atoms with Crippen molar-refractivity contribution in [1.82, 2.24) is 9.88 Å². The molecule has 0 radical (unpaired) electrons. The van der Waals surface area contributed by atoms with Crippen LogP contribution in [-0.4, -0.2) is 48.7 Å². The van der Waals surface area contributed by atoms with Crippen molar-refractivity contribution >= 4 is 5.82 Å². The first kappa shape index (κ1) is 12.3. The molecule has 1 aromatic rings. The number of aliphatic hydroxyl groups excluding tert-OH is 1. The monoisotopic (exact) mass is 235 g/mol. The van der Waals surface area contributed by atoms with Crippen LogP contribution >= 0.6 is 0 Å². The van der Waals surface area contributed by atoms with Gasteiger partial charge in [0.25, 0.3) is 0 Å². The van der Waals surface area contributed by atoms with Crippen LogP contribution in [0.1, 0.15) is 12.0 Å². The maximum Gasteiger partial charge on any atom is 0.128 e. The molecule has 17 heavy (non-hydrogen) atoms. The molecule has 94 valence electrons. The van der Waals surface area contributed by atoms with Crippen molar-refractivity contribution in [3.05, 3.63) is 23.9 Å². The first-order valence-corrected chi connectivity index (χ1v) is 6.14. The van der Waals surface area contributed by atoms with Gasteiger partial charge in [-0.1, -0.05) is 6.07 Å². The molecule has 2 rings (SSSR count). The number of anilines is 1. The number of pyridine rings is 1. The fraction of sp³-hybridized carbons (Fsp3) is 0.615. The van der Waals surface area contributed by atoms with Crippen molar-refractivity contribution < 1.29 is 5.11 Å². The van der Waals surface area contributed by atoms with Gasteiger partial charge in [0.1, 0.15) is 5.82 Å². The maximum atomic E-state index is 8.97. The first-order chi connectivity index (χ1) is 8.19. The van der Waals surface area contributed by atoms with E-state index in [-0.39, 0.29) is 6.61 Å². The van der Waals surface area contributed by atoms with E-state index in [9.17, 15) is 0 Å². The zero-order valence-electron chi connectivity index (χ0n) is 10.6. The Balaban J connectivity index is 1.92. The van der Waals surface area contributed by atoms with Crippen molar-refractivity contribution in [1.29, 1.82) is 0 Å². The Labute approximate surface area is 103 Å². The molecular formula is C13H21N3O. The number of aromatic nitrogens is 1. The lowest BCUT2D eigenvalue weighted by molar-refractivity contribution is 0.281. The first-order valence-electron chi connectivity index (χ1n) is 6.14. The fourth-order valence-corrected chi connectivity index (χ4v) is 2.39. The van der Waals surface area contributed by atoms with Gasteiger partial charge in [0.2, 0.25) is 0 Å². The smallest absolute Gasteiger partial charge is 0.128 e. The van der Waals surface area contributed by atoms with E-state index < -0.39 is 0 Å². The van der Waals surface area contributed by atoms with Gasteiger partial charge in [0, 0.05) is 26.3 Å². The third-order valence-corrected chi connectivity index (χ3v) is 3.40. The summed E-state index contributed by atoms with van der Waals surface area (Å²) in [4.78, 5) is 8.94. The number of likely N-dealkylation sites (tertiary alicyclic amines) is 1. The van der Waals surface area contributed by atoms with Gasteiger partial charge in [0.15, 0.2) is 0 Å². The molecule has 2 heterocycles. The van der Waals surface area contributed by atoms with Crippen LogP contribution in [0.25, 0.3) is 0 Å². The number of rotatable bonds is 4. The summed E-state index contributed by atoms with van der Waals surface area (Å²) in [6.07, 6.45) is 3.02. The molecule has 1 aliphatic heterocycles. The second-order valence-corrected chi connectivity index (χ2v) is 4.98. The van der Waals surface area contributed by atoms with Crippen LogP contribution in [0.2, 0.25) is 0 Å². The summed E-state index contributed by atoms with van der Waals surface area (Å²) in [5.41, 5.74) is 0.864. The predicted octanol–water partition coefficient (Wildman–Crippen LogP) is 0.962. The number of hydrogen-bond acceptors (Lipinski definition) is 4. The van der Waals surface area contributed by atoms with Crippen molar-refractivity contribution in [3.8, 4) is 0 Å². The molecule has 0 aromatic carbocycles. The summed E-state index contributed by atoms with van der Waals surface area (Å²) < 4.78 is 0. The molecule has 1 N–H and O–H groups in total. The largest absolute Gasteiger partial charge is 0.392 e. The average molecular weight is 235 g/mol. The molecule has 1 unspecified atom stereocenters. The maximum absolute atomic E-state index is 8.97. The van der Waals surface area contributed by atoms with Crippen LogP contribution in [0.15, 0.2) is 18.3 Å². The lowest BCUT2D eigenvalue weighted by Gasteiger charge is -2.22. The van der Waals surface area contributed by atoms with Crippen LogP contribution in [0, 0.1) is 5.92 Å². The van der Waals surface area contributed by atoms with Crippen molar-refractivity contribution in [2.24, 2.45) is 5.92 Å². The lowest BCUT2D eigenvalue weighted by Crippen LogP contribution is -2.27. The lowest BCUT2D eigenvalue weighted by atomic mass is 10.1. The van der Waals surface area contributed by atoms with Crippen molar-refractivity contribution in [3.63, 3.8) is 0 Å². The number of nitrogens with zero attached hydrogens (tertiary/aromatic N) is 3. The zero-order valence-corrected chi connectivity index (χ0v) is 10.6. The van der Waals surface area contributed by atoms with Gasteiger partial charge in [-0.15, -0.1) is 0 Å². The van der Waals surface area contributed by atoms with Gasteiger partial charge in [-0.05, 0) is 37.6 Å². The molecule has 0 amide bonds. The summed E-state index contributed by atoms with van der Waals surface area (Å²) in [6.45, 7) is 3.49. The van der Waals surface area contributed by atoms with Gasteiger partial charge in [-0.3, -0.25) is 0 Å². The summed E-state index contributed by atoms with van der Waals surface area (Å²) in [6, 6.07) is 3.91. The van der Waals surface area contributed by atoms with Crippen molar-refractivity contribution in [2.45, 2.75) is 13.0 Å². The number of hydrogen-bond donors (Lipinski definition) is 1. The third-order valence-electron chi connectivity index (χ3n) is 3.40. The molecule has 0 bridgehead atoms. The van der Waals surface area contributed by atoms with Crippen molar-refractivity contribution in [2.75, 3.05) is 38.6 Å². The van der Waals surface area contributed by atoms with Crippen LogP contribution in [0.5, 0.6) is 0 Å². The Morgan fingerprint density at radius 1 is 1.53 bits per heavy atom. The van der Waals surface area contributed by atoms with E-state index in [1.807, 2.05) is 12.1 Å². The van der Waals surface area contributed by atoms with Gasteiger partial charge >= 0.3 is 0 Å². The van der Waals surface area contributed by atoms with Gasteiger partial charge in [0.05, 0.1) is 6.61 Å². The number of aliphatic hydroxyl groups is 1. The van der Waals surface area contributed by atoms with E-state index in [4.69, 9.17) is 5.11 Å². The molecule has 1 atom stereocenters. The summed E-state index contributed by atoms with van der Waals surface area (Å²) in [5.74, 6) is 1.72. The van der Waals surface area contributed by atoms with E-state index in [1.165, 1.54) is 19.5 Å². The Morgan fingerprint density at radius 3 is 2.88 bits per heavy atom. The van der Waals surface area contributed by atoms with E-state index in [1.54, 1.807) is 6.20 Å². The third kappa shape index (κ3) is 3.17. The predicted molar refractivity (Wildman–Crippen MR) is 69.0 cm³/mol. The highest BCUT2D eigenvalue weighted by atomic mass is 16.3. The van der Waals surface area contributed by atoms with Gasteiger partial charge in [-0.25, -0.2) is 4.98 Å². The Kier molecular flexibility index (Phi) is 3.97. The van der Waals surface area contributed by atoms with Crippen LogP contribution in [0.3, 0.4) is 0 Å². The Morgan fingerprint density at radius 2 is 2.35 bits per heavy atom. The quantitative estimate of drug-likeness (QED) is 0.844. The molecule has 1 fully saturated rings. The standard InChI is InChI=1S/C13H21N3O/c1-15-6-5-12(8-15)9-16(2)13-4-3-11(10-17)7-14-13/h3-4,7,12,17H,5-6,8-10H2,1-2H3. The molecule has 4 nitrogen and oxygen atoms in total. The normalized spacial score (nSPS) is 20.8. The van der Waals surface area contributed by atoms with Crippen LogP contribution < -0.4 is 4.90 Å². The average Bonchev–Trinajstić information content (AvgIpc) is 2.75. The highest BCUT2D eigenvalue weighted by Gasteiger charge is 2.21. The second-order valence-electron chi connectivity index (χ2n) is 4.98. The van der Waals surface area contributed by atoms with E-state index >= 15 is 0 Å². The fourth-order valence-electron chi connectivity index (χ4n) is 2.39. The zero-order chi connectivity index (χ0) is 12.3. The molecule has 1 saturated heterocycles. The van der Waals surface area contributed by atoms with E-state index in [0.29, 0.717) is 0 Å². The Hall–Kier alpha value is -1.13. The molecule has 4 heteroatoms. The minimum Gasteiger partial charge on any atom is -0.392 e. The molecule has 0 aliphatic carbocycles. The highest BCUT2D eigenvalue weighted by Crippen LogP contribution is 2.18. The van der Waals surface area contributed by atoms with Crippen LogP contribution in [-0.2, 0) is 6.61 Å². The summed E-state index contributed by atoms with van der Waals surface area (Å²) >= 11 is 0. The minimum absolute atomic E-state index is 0.0599. The van der Waals surface area contributed by atoms with E-state index in [2.05, 4.69) is 28.9 Å². The van der Waals surface area contributed by atoms with E-state index in [0.717, 1.165) is 23.8 Å². The molecular weight excluding hydrogens is 214 g/mol. The second kappa shape index (κ2) is 5.47. The molecule has 1 aromatic heterocycles. The van der Waals surface area contributed by atoms with Crippen LogP contribution in [0.4, 0.5) is 5.82 Å². The molecule has 1 aliphatic rings. The summed E-state index contributed by atoms with van der Waals surface area (Å²) in [5, 5.41) is 8.97. The summed E-state index contributed by atoms with van der Waals surface area (Å²) in [7, 11) is 4.26. The Bertz CT molecular complexity index is 352. The highest BCUT2D eigenvalue weighted by molar-refractivity contribution is 5.38. The van der Waals surface area contributed by atoms with Gasteiger partial charge < -0.3 is 14.9 Å². The topological polar surface area (TPSA) is 39.6 Å². The van der Waals surface area contributed by atoms with Gasteiger partial charge in [-0.2, -0.15) is 0 Å². The molecule has 0 saturated carbocycles. The molecule has 0 spiro atoms. The SMILES string of the molecule is CN1CCC(CN(C)c2ccc(CO)cn2)C1.